The Morgan fingerprint density at radius 1 is 0.523 bits per heavy atom. The van der Waals surface area contributed by atoms with Crippen LogP contribution >= 0.6 is 0 Å². The molecule has 0 aromatic carbocycles. The summed E-state index contributed by atoms with van der Waals surface area (Å²) in [4.78, 5) is 13.0. The van der Waals surface area contributed by atoms with Crippen molar-refractivity contribution in [3.05, 3.63) is 48.6 Å². The summed E-state index contributed by atoms with van der Waals surface area (Å²) in [5.74, 6) is -0.383. The molecule has 0 aromatic heterocycles. The van der Waals surface area contributed by atoms with Gasteiger partial charge >= 0.3 is 5.97 Å². The lowest BCUT2D eigenvalue weighted by Crippen LogP contribution is -2.61. The van der Waals surface area contributed by atoms with E-state index in [1.54, 1.807) is 0 Å². The van der Waals surface area contributed by atoms with Gasteiger partial charge in [0.15, 0.2) is 12.6 Å². The highest BCUT2D eigenvalue weighted by molar-refractivity contribution is 5.69. The van der Waals surface area contributed by atoms with Crippen LogP contribution in [0.15, 0.2) is 48.6 Å². The van der Waals surface area contributed by atoms with Crippen molar-refractivity contribution in [2.75, 3.05) is 33.0 Å². The SMILES string of the molecule is CC/C=C\C/C=C\C/C=C\C/C=C\CCCCCCCCCOCC(COC1OC(COC2OC(CO)C(O)C(O)C2O)C(O)C(O)C1O)OC(=O)CCCCCCCCCCCCC. The molecule has 0 bridgehead atoms. The molecule has 2 aliphatic rings. The van der Waals surface area contributed by atoms with Gasteiger partial charge in [0, 0.05) is 13.0 Å². The monoisotopic (exact) mass is 927 g/mol. The number of esters is 1. The lowest BCUT2D eigenvalue weighted by atomic mass is 9.98. The van der Waals surface area contributed by atoms with Crippen molar-refractivity contribution < 1.29 is 69.0 Å². The van der Waals surface area contributed by atoms with Crippen LogP contribution < -0.4 is 0 Å². The Labute approximate surface area is 391 Å². The Hall–Kier alpha value is -2.05. The molecule has 2 saturated heterocycles. The summed E-state index contributed by atoms with van der Waals surface area (Å²) in [7, 11) is 0. The Morgan fingerprint density at radius 3 is 1.57 bits per heavy atom. The molecule has 0 radical (unpaired) electrons. The minimum atomic E-state index is -1.71. The van der Waals surface area contributed by atoms with E-state index in [0.29, 0.717) is 13.0 Å². The molecular formula is C51H90O14. The Bertz CT molecular complexity index is 1260. The van der Waals surface area contributed by atoms with E-state index in [1.807, 2.05) is 0 Å². The van der Waals surface area contributed by atoms with Crippen molar-refractivity contribution >= 4 is 5.97 Å². The molecule has 0 aliphatic carbocycles. The zero-order valence-electron chi connectivity index (χ0n) is 40.0. The molecule has 11 atom stereocenters. The second kappa shape index (κ2) is 38.9. The molecule has 2 heterocycles. The van der Waals surface area contributed by atoms with E-state index < -0.39 is 80.7 Å². The van der Waals surface area contributed by atoms with E-state index in [9.17, 15) is 40.5 Å². The summed E-state index contributed by atoms with van der Waals surface area (Å²) in [6, 6.07) is 0. The Morgan fingerprint density at radius 2 is 1.00 bits per heavy atom. The van der Waals surface area contributed by atoms with Crippen molar-refractivity contribution in [1.82, 2.24) is 0 Å². The number of ether oxygens (including phenoxy) is 6. The molecule has 0 spiro atoms. The van der Waals surface area contributed by atoms with Gasteiger partial charge in [-0.25, -0.2) is 0 Å². The second-order valence-electron chi connectivity index (χ2n) is 17.6. The van der Waals surface area contributed by atoms with Crippen LogP contribution in [0.1, 0.15) is 168 Å². The first kappa shape index (κ1) is 59.1. The zero-order valence-corrected chi connectivity index (χ0v) is 40.0. The van der Waals surface area contributed by atoms with Gasteiger partial charge in [-0.3, -0.25) is 4.79 Å². The number of rotatable bonds is 39. The first-order valence-electron chi connectivity index (χ1n) is 25.2. The van der Waals surface area contributed by atoms with E-state index in [-0.39, 0.29) is 25.6 Å². The highest BCUT2D eigenvalue weighted by Gasteiger charge is 2.47. The van der Waals surface area contributed by atoms with Crippen LogP contribution in [0, 0.1) is 0 Å². The second-order valence-corrected chi connectivity index (χ2v) is 17.6. The zero-order chi connectivity index (χ0) is 47.3. The maximum Gasteiger partial charge on any atom is 0.306 e. The largest absolute Gasteiger partial charge is 0.457 e. The summed E-state index contributed by atoms with van der Waals surface area (Å²) in [5, 5.41) is 72.0. The van der Waals surface area contributed by atoms with Crippen LogP contribution in [-0.4, -0.2) is 142 Å². The summed E-state index contributed by atoms with van der Waals surface area (Å²) in [6.45, 7) is 3.53. The predicted molar refractivity (Wildman–Crippen MR) is 252 cm³/mol. The van der Waals surface area contributed by atoms with Crippen molar-refractivity contribution in [2.45, 2.75) is 235 Å². The number of carbonyl (C=O) groups excluding carboxylic acids is 1. The van der Waals surface area contributed by atoms with Crippen molar-refractivity contribution in [1.29, 1.82) is 0 Å². The lowest BCUT2D eigenvalue weighted by Gasteiger charge is -2.42. The van der Waals surface area contributed by atoms with Gasteiger partial charge in [-0.2, -0.15) is 0 Å². The molecule has 378 valence electrons. The molecule has 0 amide bonds. The van der Waals surface area contributed by atoms with Gasteiger partial charge < -0.3 is 64.2 Å². The Balaban J connectivity index is 1.76. The van der Waals surface area contributed by atoms with Gasteiger partial charge in [0.1, 0.15) is 54.9 Å². The van der Waals surface area contributed by atoms with Crippen LogP contribution in [0.5, 0.6) is 0 Å². The molecular weight excluding hydrogens is 837 g/mol. The summed E-state index contributed by atoms with van der Waals surface area (Å²) in [6.07, 6.45) is 27.5. The standard InChI is InChI=1S/C51H90O14/c1-3-5-7-9-11-13-15-16-17-18-19-20-21-22-23-25-27-29-31-33-35-60-37-40(63-43(53)34-32-30-28-26-24-14-12-10-8-6-4-2)38-61-50-49(59)47(57)45(55)42(65-50)39-62-51-48(58)46(56)44(54)41(36-52)64-51/h5,7,11,13,16-17,19-20,40-42,44-52,54-59H,3-4,6,8-10,12,14-15,18,21-39H2,1-2H3/b7-5-,13-11-,17-16-,20-19-. The normalized spacial score (nSPS) is 26.9. The molecule has 11 unspecified atom stereocenters. The molecule has 65 heavy (non-hydrogen) atoms. The van der Waals surface area contributed by atoms with E-state index in [0.717, 1.165) is 70.6 Å². The van der Waals surface area contributed by atoms with Gasteiger partial charge in [-0.05, 0) is 51.4 Å². The first-order chi connectivity index (χ1) is 31.6. The van der Waals surface area contributed by atoms with Crippen LogP contribution in [0.3, 0.4) is 0 Å². The maximum atomic E-state index is 13.0. The molecule has 0 aromatic rings. The number of aliphatic hydroxyl groups excluding tert-OH is 7. The average molecular weight is 927 g/mol. The third-order valence-corrected chi connectivity index (χ3v) is 11.9. The van der Waals surface area contributed by atoms with E-state index in [4.69, 9.17) is 28.4 Å². The van der Waals surface area contributed by atoms with Gasteiger partial charge in [0.05, 0.1) is 26.4 Å². The molecule has 14 heteroatoms. The third-order valence-electron chi connectivity index (χ3n) is 11.9. The number of hydrogen-bond acceptors (Lipinski definition) is 14. The van der Waals surface area contributed by atoms with Crippen molar-refractivity contribution in [3.8, 4) is 0 Å². The van der Waals surface area contributed by atoms with Gasteiger partial charge in [-0.15, -0.1) is 0 Å². The van der Waals surface area contributed by atoms with Gasteiger partial charge in [0.25, 0.3) is 0 Å². The topological polar surface area (TPSA) is 214 Å². The number of allylic oxidation sites excluding steroid dienone is 8. The Kier molecular flexibility index (Phi) is 35.3. The lowest BCUT2D eigenvalue weighted by molar-refractivity contribution is -0.332. The van der Waals surface area contributed by atoms with Crippen molar-refractivity contribution in [2.24, 2.45) is 0 Å². The van der Waals surface area contributed by atoms with Crippen LogP contribution in [0.4, 0.5) is 0 Å². The number of hydrogen-bond donors (Lipinski definition) is 7. The third kappa shape index (κ3) is 26.9. The predicted octanol–water partition coefficient (Wildman–Crippen LogP) is 7.18. The molecule has 7 N–H and O–H groups in total. The number of carbonyl (C=O) groups is 1. The molecule has 2 aliphatic heterocycles. The van der Waals surface area contributed by atoms with Crippen LogP contribution in [0.2, 0.25) is 0 Å². The van der Waals surface area contributed by atoms with Gasteiger partial charge in [0.2, 0.25) is 0 Å². The fourth-order valence-electron chi connectivity index (χ4n) is 7.75. The summed E-state index contributed by atoms with van der Waals surface area (Å²) < 4.78 is 34.2. The highest BCUT2D eigenvalue weighted by Crippen LogP contribution is 2.26. The van der Waals surface area contributed by atoms with E-state index in [1.165, 1.54) is 70.6 Å². The average Bonchev–Trinajstić information content (AvgIpc) is 3.30. The molecule has 0 saturated carbocycles. The number of unbranched alkanes of at least 4 members (excludes halogenated alkanes) is 17. The first-order valence-corrected chi connectivity index (χ1v) is 25.2. The highest BCUT2D eigenvalue weighted by atomic mass is 16.7. The molecule has 2 fully saturated rings. The smallest absolute Gasteiger partial charge is 0.306 e. The summed E-state index contributed by atoms with van der Waals surface area (Å²) in [5.41, 5.74) is 0. The fourth-order valence-corrected chi connectivity index (χ4v) is 7.75. The quantitative estimate of drug-likeness (QED) is 0.0185. The van der Waals surface area contributed by atoms with E-state index >= 15 is 0 Å². The van der Waals surface area contributed by atoms with Crippen LogP contribution in [0.25, 0.3) is 0 Å². The minimum absolute atomic E-state index is 0.0545. The maximum absolute atomic E-state index is 13.0. The molecule has 14 nitrogen and oxygen atoms in total. The number of aliphatic hydroxyl groups is 7. The molecule has 2 rings (SSSR count). The minimum Gasteiger partial charge on any atom is -0.457 e. The van der Waals surface area contributed by atoms with Crippen LogP contribution in [-0.2, 0) is 33.2 Å². The van der Waals surface area contributed by atoms with E-state index in [2.05, 4.69) is 62.5 Å². The summed E-state index contributed by atoms with van der Waals surface area (Å²) >= 11 is 0. The van der Waals surface area contributed by atoms with Gasteiger partial charge in [-0.1, -0.05) is 159 Å². The van der Waals surface area contributed by atoms with Crippen molar-refractivity contribution in [3.63, 3.8) is 0 Å². The fraction of sp³-hybridized carbons (Fsp3) is 0.824.